The molecule has 24 heavy (non-hydrogen) atoms. The molecule has 1 saturated heterocycles. The average molecular weight is 465 g/mol. The van der Waals surface area contributed by atoms with Gasteiger partial charge in [-0.05, 0) is 63.9 Å². The van der Waals surface area contributed by atoms with Crippen LogP contribution in [0.3, 0.4) is 0 Å². The van der Waals surface area contributed by atoms with Crippen LogP contribution in [0.15, 0.2) is 29.3 Å². The molecule has 0 amide bonds. The molecule has 1 aliphatic rings. The zero-order valence-corrected chi connectivity index (χ0v) is 17.6. The Balaban J connectivity index is 0.00000288. The lowest BCUT2D eigenvalue weighted by Crippen LogP contribution is -2.38. The van der Waals surface area contributed by atoms with Crippen molar-refractivity contribution >= 4 is 41.5 Å². The molecule has 0 bridgehead atoms. The Bertz CT molecular complexity index is 490. The highest BCUT2D eigenvalue weighted by Crippen LogP contribution is 2.15. The van der Waals surface area contributed by atoms with Crippen LogP contribution in [0.25, 0.3) is 0 Å². The van der Waals surface area contributed by atoms with Crippen LogP contribution < -0.4 is 10.6 Å². The molecule has 136 valence electrons. The number of rotatable bonds is 8. The molecule has 0 aliphatic carbocycles. The maximum atomic E-state index is 6.18. The lowest BCUT2D eigenvalue weighted by molar-refractivity contribution is 0.330. The number of guanidine groups is 1. The summed E-state index contributed by atoms with van der Waals surface area (Å²) in [6.45, 7) is 8.31. The highest BCUT2D eigenvalue weighted by molar-refractivity contribution is 14.0. The van der Waals surface area contributed by atoms with E-state index in [1.54, 1.807) is 0 Å². The van der Waals surface area contributed by atoms with E-state index >= 15 is 0 Å². The first-order chi connectivity index (χ1) is 11.3. The predicted octanol–water partition coefficient (Wildman–Crippen LogP) is 3.89. The zero-order valence-electron chi connectivity index (χ0n) is 14.6. The molecule has 0 aromatic heterocycles. The summed E-state index contributed by atoms with van der Waals surface area (Å²) < 4.78 is 0. The van der Waals surface area contributed by atoms with Crippen molar-refractivity contribution < 1.29 is 0 Å². The minimum absolute atomic E-state index is 0. The van der Waals surface area contributed by atoms with E-state index < -0.39 is 0 Å². The molecule has 0 spiro atoms. The van der Waals surface area contributed by atoms with Crippen molar-refractivity contribution in [1.82, 2.24) is 15.5 Å². The summed E-state index contributed by atoms with van der Waals surface area (Å²) in [5.74, 6) is 0.869. The molecule has 2 rings (SSSR count). The van der Waals surface area contributed by atoms with Gasteiger partial charge in [0.05, 0.1) is 6.54 Å². The number of halogens is 2. The van der Waals surface area contributed by atoms with Crippen LogP contribution in [0.2, 0.25) is 5.02 Å². The lowest BCUT2D eigenvalue weighted by atomic mass is 10.2. The Morgan fingerprint density at radius 2 is 1.92 bits per heavy atom. The molecular weight excluding hydrogens is 435 g/mol. The number of hydrogen-bond donors (Lipinski definition) is 2. The van der Waals surface area contributed by atoms with Crippen LogP contribution in [-0.2, 0) is 6.54 Å². The highest BCUT2D eigenvalue weighted by Gasteiger charge is 2.10. The molecule has 1 aliphatic heterocycles. The summed E-state index contributed by atoms with van der Waals surface area (Å²) in [6.07, 6.45) is 5.17. The minimum Gasteiger partial charge on any atom is -0.357 e. The van der Waals surface area contributed by atoms with Gasteiger partial charge >= 0.3 is 0 Å². The van der Waals surface area contributed by atoms with Gasteiger partial charge in [-0.15, -0.1) is 24.0 Å². The number of nitrogens with one attached hydrogen (secondary N) is 2. The third-order valence-corrected chi connectivity index (χ3v) is 4.47. The van der Waals surface area contributed by atoms with Gasteiger partial charge in [0.1, 0.15) is 0 Å². The van der Waals surface area contributed by atoms with Gasteiger partial charge in [0.2, 0.25) is 0 Å². The van der Waals surface area contributed by atoms with Gasteiger partial charge in [0.15, 0.2) is 5.96 Å². The molecule has 1 heterocycles. The Kier molecular flexibility index (Phi) is 11.5. The van der Waals surface area contributed by atoms with Crippen molar-refractivity contribution in [3.63, 3.8) is 0 Å². The van der Waals surface area contributed by atoms with Crippen LogP contribution in [-0.4, -0.2) is 43.6 Å². The Morgan fingerprint density at radius 1 is 1.17 bits per heavy atom. The van der Waals surface area contributed by atoms with Crippen molar-refractivity contribution in [2.24, 2.45) is 4.99 Å². The third kappa shape index (κ3) is 8.03. The van der Waals surface area contributed by atoms with Crippen molar-refractivity contribution in [3.8, 4) is 0 Å². The molecule has 0 radical (unpaired) electrons. The Labute approximate surface area is 168 Å². The lowest BCUT2D eigenvalue weighted by Gasteiger charge is -2.15. The van der Waals surface area contributed by atoms with E-state index in [1.165, 1.54) is 45.3 Å². The summed E-state index contributed by atoms with van der Waals surface area (Å²) in [4.78, 5) is 7.19. The van der Waals surface area contributed by atoms with E-state index in [9.17, 15) is 0 Å². The fourth-order valence-electron chi connectivity index (χ4n) is 2.81. The zero-order chi connectivity index (χ0) is 16.3. The summed E-state index contributed by atoms with van der Waals surface area (Å²) in [5, 5.41) is 7.48. The Morgan fingerprint density at radius 3 is 2.62 bits per heavy atom. The SMILES string of the molecule is CCNC(=NCc1ccccc1Cl)NCCCCN1CCCC1.I. The molecule has 4 nitrogen and oxygen atoms in total. The van der Waals surface area contributed by atoms with Crippen LogP contribution >= 0.6 is 35.6 Å². The van der Waals surface area contributed by atoms with E-state index in [0.29, 0.717) is 6.54 Å². The number of nitrogens with zero attached hydrogens (tertiary/aromatic N) is 2. The summed E-state index contributed by atoms with van der Waals surface area (Å²) >= 11 is 6.18. The Hall–Kier alpha value is -0.530. The largest absolute Gasteiger partial charge is 0.357 e. The summed E-state index contributed by atoms with van der Waals surface area (Å²) in [7, 11) is 0. The van der Waals surface area contributed by atoms with Crippen LogP contribution in [0.1, 0.15) is 38.2 Å². The van der Waals surface area contributed by atoms with Crippen LogP contribution in [0.5, 0.6) is 0 Å². The van der Waals surface area contributed by atoms with E-state index in [0.717, 1.165) is 29.6 Å². The van der Waals surface area contributed by atoms with Gasteiger partial charge in [-0.25, -0.2) is 4.99 Å². The first kappa shape index (κ1) is 21.5. The fraction of sp³-hybridized carbons (Fsp3) is 0.611. The van der Waals surface area contributed by atoms with Crippen molar-refractivity contribution in [3.05, 3.63) is 34.9 Å². The predicted molar refractivity (Wildman–Crippen MR) is 115 cm³/mol. The highest BCUT2D eigenvalue weighted by atomic mass is 127. The number of unbranched alkanes of at least 4 members (excludes halogenated alkanes) is 1. The van der Waals surface area contributed by atoms with E-state index in [-0.39, 0.29) is 24.0 Å². The van der Waals surface area contributed by atoms with Gasteiger partial charge in [-0.1, -0.05) is 29.8 Å². The number of aliphatic imine (C=N–C) groups is 1. The van der Waals surface area contributed by atoms with Crippen molar-refractivity contribution in [2.75, 3.05) is 32.7 Å². The second-order valence-corrected chi connectivity index (χ2v) is 6.38. The molecule has 0 atom stereocenters. The van der Waals surface area contributed by atoms with Crippen LogP contribution in [0.4, 0.5) is 0 Å². The van der Waals surface area contributed by atoms with Crippen LogP contribution in [0, 0.1) is 0 Å². The monoisotopic (exact) mass is 464 g/mol. The molecule has 0 saturated carbocycles. The fourth-order valence-corrected chi connectivity index (χ4v) is 3.00. The number of likely N-dealkylation sites (tertiary alicyclic amines) is 1. The molecular formula is C18H30ClIN4. The van der Waals surface area contributed by atoms with E-state index in [2.05, 4.69) is 27.4 Å². The van der Waals surface area contributed by atoms with E-state index in [1.807, 2.05) is 24.3 Å². The van der Waals surface area contributed by atoms with E-state index in [4.69, 9.17) is 11.6 Å². The second-order valence-electron chi connectivity index (χ2n) is 5.97. The summed E-state index contributed by atoms with van der Waals surface area (Å²) in [5.41, 5.74) is 1.06. The third-order valence-electron chi connectivity index (χ3n) is 4.10. The maximum absolute atomic E-state index is 6.18. The first-order valence-corrected chi connectivity index (χ1v) is 9.15. The standard InChI is InChI=1S/C18H29ClN4.HI/c1-2-20-18(22-15-16-9-3-4-10-17(16)19)21-11-5-6-12-23-13-7-8-14-23;/h3-4,9-10H,2,5-8,11-15H2,1H3,(H2,20,21,22);1H. The molecule has 1 aromatic carbocycles. The maximum Gasteiger partial charge on any atom is 0.191 e. The van der Waals surface area contributed by atoms with Crippen molar-refractivity contribution in [2.45, 2.75) is 39.2 Å². The normalized spacial score (nSPS) is 15.2. The molecule has 6 heteroatoms. The minimum atomic E-state index is 0. The first-order valence-electron chi connectivity index (χ1n) is 8.77. The molecule has 0 unspecified atom stereocenters. The van der Waals surface area contributed by atoms with Gasteiger partial charge in [-0.2, -0.15) is 0 Å². The number of benzene rings is 1. The van der Waals surface area contributed by atoms with Gasteiger partial charge < -0.3 is 15.5 Å². The topological polar surface area (TPSA) is 39.7 Å². The smallest absolute Gasteiger partial charge is 0.191 e. The van der Waals surface area contributed by atoms with Gasteiger partial charge in [0, 0.05) is 18.1 Å². The molecule has 2 N–H and O–H groups in total. The second kappa shape index (κ2) is 12.8. The van der Waals surface area contributed by atoms with Crippen molar-refractivity contribution in [1.29, 1.82) is 0 Å². The average Bonchev–Trinajstić information content (AvgIpc) is 3.07. The quantitative estimate of drug-likeness (QED) is 0.265. The molecule has 1 aromatic rings. The molecule has 1 fully saturated rings. The van der Waals surface area contributed by atoms with Gasteiger partial charge in [0.25, 0.3) is 0 Å². The van der Waals surface area contributed by atoms with Gasteiger partial charge in [-0.3, -0.25) is 0 Å². The number of hydrogen-bond acceptors (Lipinski definition) is 2. The summed E-state index contributed by atoms with van der Waals surface area (Å²) in [6, 6.07) is 7.87.